The first kappa shape index (κ1) is 15.9. The number of nitrogens with two attached hydrogens (primary N) is 1. The summed E-state index contributed by atoms with van der Waals surface area (Å²) in [5.41, 5.74) is 6.78. The van der Waals surface area contributed by atoms with Crippen molar-refractivity contribution in [2.75, 3.05) is 23.7 Å². The predicted octanol–water partition coefficient (Wildman–Crippen LogP) is 3.86. The van der Waals surface area contributed by atoms with Crippen LogP contribution in [0.2, 0.25) is 0 Å². The van der Waals surface area contributed by atoms with Gasteiger partial charge in [0.25, 0.3) is 0 Å². The molecule has 0 radical (unpaired) electrons. The van der Waals surface area contributed by atoms with Gasteiger partial charge in [0.2, 0.25) is 5.88 Å². The zero-order valence-corrected chi connectivity index (χ0v) is 14.1. The zero-order chi connectivity index (χ0) is 15.7. The molecule has 0 aliphatic carbocycles. The van der Waals surface area contributed by atoms with Gasteiger partial charge in [-0.05, 0) is 51.2 Å². The second-order valence-corrected chi connectivity index (χ2v) is 7.43. The molecule has 1 aliphatic heterocycles. The van der Waals surface area contributed by atoms with E-state index in [2.05, 4.69) is 23.7 Å². The van der Waals surface area contributed by atoms with E-state index in [0.717, 1.165) is 18.9 Å². The molecule has 0 amide bonds. The first-order chi connectivity index (χ1) is 9.72. The quantitative estimate of drug-likeness (QED) is 0.919. The summed E-state index contributed by atoms with van der Waals surface area (Å²) in [5.74, 6) is 1.52. The Balaban J connectivity index is 2.13. The maximum atomic E-state index is 5.98. The summed E-state index contributed by atoms with van der Waals surface area (Å²) >= 11 is 0. The molecule has 1 aromatic rings. The summed E-state index contributed by atoms with van der Waals surface area (Å²) in [7, 11) is 0. The molecule has 2 rings (SSSR count). The van der Waals surface area contributed by atoms with Gasteiger partial charge in [-0.2, -0.15) is 4.98 Å². The fraction of sp³-hybridized carbons (Fsp3) is 0.706. The molecule has 2 heterocycles. The van der Waals surface area contributed by atoms with E-state index in [4.69, 9.17) is 10.5 Å². The number of aromatic nitrogens is 1. The van der Waals surface area contributed by atoms with Crippen LogP contribution in [-0.2, 0) is 0 Å². The van der Waals surface area contributed by atoms with Crippen molar-refractivity contribution in [3.8, 4) is 5.88 Å². The number of piperidine rings is 1. The molecule has 118 valence electrons. The molecule has 0 spiro atoms. The maximum absolute atomic E-state index is 5.98. The van der Waals surface area contributed by atoms with Crippen molar-refractivity contribution in [3.63, 3.8) is 0 Å². The molecule has 2 N–H and O–H groups in total. The number of rotatable bonds is 3. The van der Waals surface area contributed by atoms with E-state index >= 15 is 0 Å². The summed E-state index contributed by atoms with van der Waals surface area (Å²) in [4.78, 5) is 6.97. The number of ether oxygens (including phenoxy) is 1. The summed E-state index contributed by atoms with van der Waals surface area (Å²) in [6.07, 6.45) is 3.67. The van der Waals surface area contributed by atoms with E-state index in [1.165, 1.54) is 19.3 Å². The fourth-order valence-electron chi connectivity index (χ4n) is 2.62. The minimum Gasteiger partial charge on any atom is -0.470 e. The molecule has 21 heavy (non-hydrogen) atoms. The molecule has 1 fully saturated rings. The minimum absolute atomic E-state index is 0.289. The van der Waals surface area contributed by atoms with Crippen molar-refractivity contribution in [1.29, 1.82) is 0 Å². The maximum Gasteiger partial charge on any atom is 0.239 e. The van der Waals surface area contributed by atoms with E-state index in [0.29, 0.717) is 17.0 Å². The highest BCUT2D eigenvalue weighted by molar-refractivity contribution is 5.55. The third-order valence-corrected chi connectivity index (χ3v) is 4.43. The van der Waals surface area contributed by atoms with E-state index in [-0.39, 0.29) is 5.60 Å². The lowest BCUT2D eigenvalue weighted by Crippen LogP contribution is -2.39. The van der Waals surface area contributed by atoms with Gasteiger partial charge in [0.1, 0.15) is 11.4 Å². The number of pyridine rings is 1. The first-order valence-electron chi connectivity index (χ1n) is 7.93. The van der Waals surface area contributed by atoms with Crippen LogP contribution in [0, 0.1) is 5.41 Å². The molecular weight excluding hydrogens is 262 g/mol. The number of nitrogen functional groups attached to an aromatic ring is 1. The fourth-order valence-corrected chi connectivity index (χ4v) is 2.62. The molecule has 4 nitrogen and oxygen atoms in total. The van der Waals surface area contributed by atoms with Gasteiger partial charge in [-0.15, -0.1) is 0 Å². The molecule has 1 aliphatic rings. The van der Waals surface area contributed by atoms with Gasteiger partial charge in [0.05, 0.1) is 5.69 Å². The molecule has 0 bridgehead atoms. The third-order valence-electron chi connectivity index (χ3n) is 4.43. The Bertz CT molecular complexity index is 485. The molecule has 0 atom stereocenters. The van der Waals surface area contributed by atoms with Crippen molar-refractivity contribution >= 4 is 11.5 Å². The zero-order valence-electron chi connectivity index (χ0n) is 14.1. The number of anilines is 2. The van der Waals surface area contributed by atoms with Crippen LogP contribution in [0.5, 0.6) is 5.88 Å². The SMILES string of the molecule is CCC1(C)CCN(c2ccc(N)c(OC(C)(C)C)n2)CC1. The Labute approximate surface area is 128 Å². The lowest BCUT2D eigenvalue weighted by molar-refractivity contribution is 0.125. The second-order valence-electron chi connectivity index (χ2n) is 7.43. The summed E-state index contributed by atoms with van der Waals surface area (Å²) in [6.45, 7) is 12.8. The highest BCUT2D eigenvalue weighted by Gasteiger charge is 2.29. The van der Waals surface area contributed by atoms with Crippen LogP contribution in [0.3, 0.4) is 0 Å². The topological polar surface area (TPSA) is 51.4 Å². The van der Waals surface area contributed by atoms with Crippen LogP contribution in [0.4, 0.5) is 11.5 Å². The van der Waals surface area contributed by atoms with Gasteiger partial charge in [0, 0.05) is 13.1 Å². The van der Waals surface area contributed by atoms with E-state index < -0.39 is 0 Å². The highest BCUT2D eigenvalue weighted by atomic mass is 16.5. The Morgan fingerprint density at radius 3 is 2.43 bits per heavy atom. The molecule has 0 unspecified atom stereocenters. The van der Waals surface area contributed by atoms with Crippen LogP contribution >= 0.6 is 0 Å². The molecule has 1 aromatic heterocycles. The van der Waals surface area contributed by atoms with Crippen molar-refractivity contribution in [2.45, 2.75) is 59.5 Å². The molecule has 0 aromatic carbocycles. The van der Waals surface area contributed by atoms with Crippen molar-refractivity contribution in [2.24, 2.45) is 5.41 Å². The van der Waals surface area contributed by atoms with Gasteiger partial charge < -0.3 is 15.4 Å². The summed E-state index contributed by atoms with van der Waals surface area (Å²) in [5, 5.41) is 0. The Kier molecular flexibility index (Phi) is 4.35. The minimum atomic E-state index is -0.289. The average molecular weight is 291 g/mol. The number of hydrogen-bond donors (Lipinski definition) is 1. The van der Waals surface area contributed by atoms with Crippen LogP contribution in [0.25, 0.3) is 0 Å². The van der Waals surface area contributed by atoms with E-state index in [1.54, 1.807) is 0 Å². The van der Waals surface area contributed by atoms with Gasteiger partial charge in [-0.3, -0.25) is 0 Å². The van der Waals surface area contributed by atoms with Gasteiger partial charge in [-0.1, -0.05) is 20.3 Å². The molecular formula is C17H29N3O. The molecule has 4 heteroatoms. The van der Waals surface area contributed by atoms with E-state index in [1.807, 2.05) is 32.9 Å². The lowest BCUT2D eigenvalue weighted by Gasteiger charge is -2.39. The Morgan fingerprint density at radius 2 is 1.90 bits per heavy atom. The largest absolute Gasteiger partial charge is 0.470 e. The van der Waals surface area contributed by atoms with Crippen molar-refractivity contribution in [1.82, 2.24) is 4.98 Å². The van der Waals surface area contributed by atoms with Crippen LogP contribution in [-0.4, -0.2) is 23.7 Å². The first-order valence-corrected chi connectivity index (χ1v) is 7.93. The summed E-state index contributed by atoms with van der Waals surface area (Å²) in [6, 6.07) is 3.90. The monoisotopic (exact) mass is 291 g/mol. The van der Waals surface area contributed by atoms with Crippen LogP contribution < -0.4 is 15.4 Å². The van der Waals surface area contributed by atoms with E-state index in [9.17, 15) is 0 Å². The van der Waals surface area contributed by atoms with Gasteiger partial charge in [-0.25, -0.2) is 0 Å². The normalized spacial score (nSPS) is 18.6. The van der Waals surface area contributed by atoms with Crippen molar-refractivity contribution < 1.29 is 4.74 Å². The Hall–Kier alpha value is -1.45. The smallest absolute Gasteiger partial charge is 0.239 e. The lowest BCUT2D eigenvalue weighted by atomic mass is 9.78. The average Bonchev–Trinajstić information content (AvgIpc) is 2.41. The molecule has 0 saturated carbocycles. The highest BCUT2D eigenvalue weighted by Crippen LogP contribution is 2.36. The number of nitrogens with zero attached hydrogens (tertiary/aromatic N) is 2. The van der Waals surface area contributed by atoms with Gasteiger partial charge in [0.15, 0.2) is 0 Å². The summed E-state index contributed by atoms with van der Waals surface area (Å²) < 4.78 is 5.86. The predicted molar refractivity (Wildman–Crippen MR) is 88.9 cm³/mol. The Morgan fingerprint density at radius 1 is 1.29 bits per heavy atom. The van der Waals surface area contributed by atoms with Crippen LogP contribution in [0.15, 0.2) is 12.1 Å². The second kappa shape index (κ2) is 5.74. The standard InChI is InChI=1S/C17H29N3O/c1-6-17(5)9-11-20(12-10-17)14-8-7-13(18)15(19-14)21-16(2,3)4/h7-8H,6,9-12,18H2,1-5H3. The van der Waals surface area contributed by atoms with Crippen LogP contribution in [0.1, 0.15) is 53.9 Å². The number of hydrogen-bond acceptors (Lipinski definition) is 4. The van der Waals surface area contributed by atoms with Gasteiger partial charge >= 0.3 is 0 Å². The molecule has 1 saturated heterocycles. The van der Waals surface area contributed by atoms with Crippen molar-refractivity contribution in [3.05, 3.63) is 12.1 Å². The third kappa shape index (κ3) is 4.02.